The zero-order valence-electron chi connectivity index (χ0n) is 21.7. The van der Waals surface area contributed by atoms with Crippen molar-refractivity contribution in [1.82, 2.24) is 0 Å². The molecule has 202 valence electrons. The Bertz CT molecular complexity index is 481. The van der Waals surface area contributed by atoms with E-state index in [9.17, 15) is 4.80 Å². The third kappa shape index (κ3) is 24.0. The third-order valence-electron chi connectivity index (χ3n) is 4.63. The van der Waals surface area contributed by atoms with Crippen LogP contribution < -0.4 is 0 Å². The predicted octanol–water partition coefficient (Wildman–Crippen LogP) is 3.52. The van der Waals surface area contributed by atoms with Crippen molar-refractivity contribution in [2.75, 3.05) is 39.6 Å². The van der Waals surface area contributed by atoms with Gasteiger partial charge in [0, 0.05) is 13.2 Å². The average molecular weight is 547 g/mol. The molecule has 2 heterocycles. The highest BCUT2D eigenvalue weighted by molar-refractivity contribution is 6.81. The van der Waals surface area contributed by atoms with Crippen molar-refractivity contribution in [3.8, 4) is 0 Å². The summed E-state index contributed by atoms with van der Waals surface area (Å²) in [6.07, 6.45) is 2.89. The fourth-order valence-corrected chi connectivity index (χ4v) is 16.8. The van der Waals surface area contributed by atoms with Crippen molar-refractivity contribution in [3.05, 3.63) is 0 Å². The quantitative estimate of drug-likeness (QED) is 0.179. The number of hydrogen-bond acceptors (Lipinski definition) is 7. The van der Waals surface area contributed by atoms with Crippen molar-refractivity contribution < 1.29 is 37.4 Å². The minimum absolute atomic E-state index is 0. The van der Waals surface area contributed by atoms with E-state index in [1.807, 2.05) is 13.1 Å². The first-order valence-corrected chi connectivity index (χ1v) is 23.6. The van der Waals surface area contributed by atoms with Gasteiger partial charge in [0.1, 0.15) is 12.2 Å². The van der Waals surface area contributed by atoms with Gasteiger partial charge in [-0.1, -0.05) is 7.43 Å². The molecule has 2 unspecified atom stereocenters. The molecular formula is C21H54O8Si4. The first kappa shape index (κ1) is 35.7. The molecule has 2 rings (SSSR count). The number of hydrogen-bond donors (Lipinski definition) is 1. The van der Waals surface area contributed by atoms with Crippen LogP contribution in [0, 0.1) is 0 Å². The summed E-state index contributed by atoms with van der Waals surface area (Å²) in [5.41, 5.74) is 0. The Kier molecular flexibility index (Phi) is 18.5. The lowest BCUT2D eigenvalue weighted by Crippen LogP contribution is -2.44. The molecule has 12 heteroatoms. The molecular weight excluding hydrogens is 493 g/mol. The Hall–Kier alpha value is 0.548. The van der Waals surface area contributed by atoms with Crippen LogP contribution in [0.25, 0.3) is 0 Å². The molecule has 3 N–H and O–H groups in total. The molecule has 8 nitrogen and oxygen atoms in total. The monoisotopic (exact) mass is 546 g/mol. The van der Waals surface area contributed by atoms with Crippen LogP contribution in [0.3, 0.4) is 0 Å². The topological polar surface area (TPSA) is 114 Å². The van der Waals surface area contributed by atoms with Gasteiger partial charge in [0.15, 0.2) is 25.7 Å². The minimum atomic E-state index is -2.37. The van der Waals surface area contributed by atoms with Crippen LogP contribution in [0.2, 0.25) is 64.5 Å². The van der Waals surface area contributed by atoms with E-state index in [2.05, 4.69) is 39.3 Å². The van der Waals surface area contributed by atoms with Gasteiger partial charge in [-0.2, -0.15) is 0 Å². The molecule has 0 radical (unpaired) electrons. The highest BCUT2D eigenvalue weighted by Gasteiger charge is 2.31. The summed E-state index contributed by atoms with van der Waals surface area (Å²) in [6, 6.07) is 2.25. The van der Waals surface area contributed by atoms with Crippen molar-refractivity contribution in [3.63, 3.8) is 0 Å². The van der Waals surface area contributed by atoms with E-state index in [-0.39, 0.29) is 12.9 Å². The Morgan fingerprint density at radius 1 is 0.818 bits per heavy atom. The van der Waals surface area contributed by atoms with Gasteiger partial charge in [-0.3, -0.25) is 0 Å². The van der Waals surface area contributed by atoms with E-state index in [0.29, 0.717) is 12.2 Å². The molecule has 2 aliphatic rings. The summed E-state index contributed by atoms with van der Waals surface area (Å²) in [6.45, 7) is 21.9. The Morgan fingerprint density at radius 2 is 1.21 bits per heavy atom. The predicted molar refractivity (Wildman–Crippen MR) is 146 cm³/mol. The normalized spacial score (nSPS) is 19.8. The van der Waals surface area contributed by atoms with E-state index < -0.39 is 34.2 Å². The van der Waals surface area contributed by atoms with Crippen LogP contribution in [0.5, 0.6) is 0 Å². The Morgan fingerprint density at radius 3 is 1.55 bits per heavy atom. The van der Waals surface area contributed by atoms with Gasteiger partial charge in [-0.05, 0) is 77.3 Å². The molecule has 2 saturated heterocycles. The Labute approximate surface area is 208 Å². The van der Waals surface area contributed by atoms with Crippen molar-refractivity contribution >= 4 is 34.2 Å². The molecule has 2 aliphatic heterocycles. The molecule has 0 bridgehead atoms. The summed E-state index contributed by atoms with van der Waals surface area (Å²) >= 11 is 0. The van der Waals surface area contributed by atoms with Gasteiger partial charge in [-0.15, -0.1) is 0 Å². The zero-order chi connectivity index (χ0) is 23.5. The molecule has 0 saturated carbocycles. The lowest BCUT2D eigenvalue weighted by molar-refractivity contribution is 0.116. The van der Waals surface area contributed by atoms with Gasteiger partial charge in [-0.25, -0.2) is 0 Å². The molecule has 0 aromatic rings. The maximum Gasteiger partial charge on any atom is 0.318 e. The molecule has 2 atom stereocenters. The van der Waals surface area contributed by atoms with Crippen molar-refractivity contribution in [1.29, 1.82) is 0 Å². The highest BCUT2D eigenvalue weighted by Crippen LogP contribution is 2.19. The second-order valence-electron chi connectivity index (χ2n) is 10.5. The standard InChI is InChI=1S/C10H24O4Si2.C10H24O3Si2.CH4.H2O/c1-15(2,14-16(3,4)11)7-5-6-12-8-10-9-13-10;1-14(2)13-15(3,4)7-5-6-11-8-10-9-12-10;;/h10-11H,5-9H2,1-4H3;10,14H,5-9H2,1-4H3;1H4;1H2. The van der Waals surface area contributed by atoms with Gasteiger partial charge in [0.05, 0.1) is 26.4 Å². The number of rotatable bonds is 16. The highest BCUT2D eigenvalue weighted by atomic mass is 28.4. The van der Waals surface area contributed by atoms with Crippen LogP contribution in [0.4, 0.5) is 0 Å². The van der Waals surface area contributed by atoms with Crippen LogP contribution in [-0.4, -0.2) is 96.4 Å². The largest absolute Gasteiger partial charge is 0.458 e. The van der Waals surface area contributed by atoms with Gasteiger partial charge in [0.25, 0.3) is 0 Å². The summed E-state index contributed by atoms with van der Waals surface area (Å²) in [5, 5.41) is 0. The van der Waals surface area contributed by atoms with E-state index >= 15 is 0 Å². The van der Waals surface area contributed by atoms with E-state index in [4.69, 9.17) is 27.2 Å². The first-order chi connectivity index (χ1) is 14.3. The second-order valence-corrected chi connectivity index (χ2v) is 25.3. The maximum absolute atomic E-state index is 9.74. The maximum atomic E-state index is 9.74. The smallest absolute Gasteiger partial charge is 0.318 e. The van der Waals surface area contributed by atoms with Crippen molar-refractivity contribution in [2.45, 2.75) is 96.9 Å². The summed E-state index contributed by atoms with van der Waals surface area (Å²) < 4.78 is 33.0. The third-order valence-corrected chi connectivity index (χ3v) is 16.4. The van der Waals surface area contributed by atoms with Crippen LogP contribution in [0.15, 0.2) is 0 Å². The molecule has 0 spiro atoms. The molecule has 0 aromatic carbocycles. The Balaban J connectivity index is 0. The summed E-state index contributed by atoms with van der Waals surface area (Å²) in [7, 11) is -6.31. The van der Waals surface area contributed by atoms with E-state index in [1.54, 1.807) is 0 Å². The van der Waals surface area contributed by atoms with Gasteiger partial charge < -0.3 is 37.4 Å². The van der Waals surface area contributed by atoms with Crippen molar-refractivity contribution in [2.24, 2.45) is 0 Å². The van der Waals surface area contributed by atoms with Crippen LogP contribution in [0.1, 0.15) is 20.3 Å². The summed E-state index contributed by atoms with van der Waals surface area (Å²) in [4.78, 5) is 9.74. The lowest BCUT2D eigenvalue weighted by atomic mass is 10.5. The molecule has 0 amide bonds. The van der Waals surface area contributed by atoms with Crippen LogP contribution in [-0.2, 0) is 27.2 Å². The number of epoxide rings is 2. The molecule has 33 heavy (non-hydrogen) atoms. The molecule has 0 aliphatic carbocycles. The van der Waals surface area contributed by atoms with E-state index in [0.717, 1.165) is 58.5 Å². The minimum Gasteiger partial charge on any atom is -0.458 e. The zero-order valence-corrected chi connectivity index (χ0v) is 25.9. The SMILES string of the molecule is C.C[SiH](C)O[Si](C)(C)CCCOCC1CO1.C[Si](C)(O)O[Si](C)(C)CCCOCC1CO1.O. The summed E-state index contributed by atoms with van der Waals surface area (Å²) in [5.74, 6) is 0. The molecule has 0 aromatic heterocycles. The lowest BCUT2D eigenvalue weighted by Gasteiger charge is -2.29. The van der Waals surface area contributed by atoms with Gasteiger partial charge in [0.2, 0.25) is 0 Å². The fourth-order valence-electron chi connectivity index (χ4n) is 3.38. The average Bonchev–Trinajstić information content (AvgIpc) is 3.46. The molecule has 2 fully saturated rings. The number of ether oxygens (including phenoxy) is 4. The second kappa shape index (κ2) is 17.1. The van der Waals surface area contributed by atoms with E-state index in [1.165, 1.54) is 6.04 Å². The first-order valence-electron chi connectivity index (χ1n) is 11.8. The van der Waals surface area contributed by atoms with Crippen LogP contribution >= 0.6 is 0 Å². The fraction of sp³-hybridized carbons (Fsp3) is 1.00. The van der Waals surface area contributed by atoms with Gasteiger partial charge >= 0.3 is 8.56 Å².